The number of urea groups is 1. The Hall–Kier alpha value is -2.11. The van der Waals surface area contributed by atoms with Gasteiger partial charge in [-0.25, -0.2) is 9.78 Å². The summed E-state index contributed by atoms with van der Waals surface area (Å²) >= 11 is 0. The summed E-state index contributed by atoms with van der Waals surface area (Å²) in [7, 11) is 0. The maximum absolute atomic E-state index is 12.2. The number of rotatable bonds is 7. The van der Waals surface area contributed by atoms with Gasteiger partial charge in [0.25, 0.3) is 5.91 Å². The first-order chi connectivity index (χ1) is 10.2. The average Bonchev–Trinajstić information content (AvgIpc) is 2.74. The lowest BCUT2D eigenvalue weighted by Gasteiger charge is -2.13. The van der Waals surface area contributed by atoms with Crippen molar-refractivity contribution < 1.29 is 9.59 Å². The number of carbonyl (C=O) groups excluding carboxylic acids is 2. The van der Waals surface area contributed by atoms with Crippen LogP contribution in [0.5, 0.6) is 0 Å². The van der Waals surface area contributed by atoms with Crippen LogP contribution in [0.15, 0.2) is 18.2 Å². The van der Waals surface area contributed by atoms with Crippen LogP contribution in [0.25, 0.3) is 0 Å². The fourth-order valence-corrected chi connectivity index (χ4v) is 2.29. The second kappa shape index (κ2) is 7.06. The van der Waals surface area contributed by atoms with Crippen molar-refractivity contribution in [3.8, 4) is 0 Å². The molecule has 2 rings (SSSR count). The van der Waals surface area contributed by atoms with Gasteiger partial charge in [0, 0.05) is 6.54 Å². The molecule has 0 aromatic carbocycles. The highest BCUT2D eigenvalue weighted by Crippen LogP contribution is 2.15. The smallest absolute Gasteiger partial charge is 0.325 e. The number of pyridine rings is 1. The monoisotopic (exact) mass is 290 g/mol. The molecule has 2 heterocycles. The van der Waals surface area contributed by atoms with E-state index in [2.05, 4.69) is 22.5 Å². The van der Waals surface area contributed by atoms with Crippen LogP contribution in [0.3, 0.4) is 0 Å². The van der Waals surface area contributed by atoms with Crippen molar-refractivity contribution in [1.82, 2.24) is 15.2 Å². The summed E-state index contributed by atoms with van der Waals surface area (Å²) < 4.78 is 0. The summed E-state index contributed by atoms with van der Waals surface area (Å²) in [5.41, 5.74) is 0.705. The van der Waals surface area contributed by atoms with E-state index in [1.807, 2.05) is 25.1 Å². The van der Waals surface area contributed by atoms with Crippen molar-refractivity contribution in [2.24, 2.45) is 0 Å². The van der Waals surface area contributed by atoms with Gasteiger partial charge in [-0.3, -0.25) is 9.69 Å². The molecule has 1 atom stereocenters. The van der Waals surface area contributed by atoms with E-state index in [-0.39, 0.29) is 24.5 Å². The summed E-state index contributed by atoms with van der Waals surface area (Å²) in [5, 5.41) is 5.91. The minimum atomic E-state index is -0.385. The van der Waals surface area contributed by atoms with Crippen LogP contribution in [0.1, 0.15) is 38.8 Å². The van der Waals surface area contributed by atoms with Crippen LogP contribution in [-0.2, 0) is 11.3 Å². The molecule has 0 radical (unpaired) electrons. The molecule has 1 saturated heterocycles. The predicted octanol–water partition coefficient (Wildman–Crippen LogP) is 2.12. The third-order valence-corrected chi connectivity index (χ3v) is 3.37. The van der Waals surface area contributed by atoms with Gasteiger partial charge in [0.1, 0.15) is 11.9 Å². The Kier molecular flexibility index (Phi) is 5.14. The van der Waals surface area contributed by atoms with Crippen molar-refractivity contribution in [2.45, 2.75) is 45.7 Å². The Bertz CT molecular complexity index is 518. The number of imide groups is 1. The van der Waals surface area contributed by atoms with Gasteiger partial charge in [0.05, 0.1) is 12.2 Å². The van der Waals surface area contributed by atoms with Gasteiger partial charge in [-0.05, 0) is 25.0 Å². The van der Waals surface area contributed by atoms with Crippen molar-refractivity contribution >= 4 is 17.8 Å². The number of hydrogen-bond donors (Lipinski definition) is 2. The number of hydrogen-bond acceptors (Lipinski definition) is 4. The second-order valence-electron chi connectivity index (χ2n) is 5.16. The van der Waals surface area contributed by atoms with Crippen LogP contribution in [-0.4, -0.2) is 34.4 Å². The standard InChI is InChI=1S/C15H22N4O2/c1-3-6-12-14(20)19(15(21)18-12)10-11-7-5-8-13(17-11)16-9-4-2/h5,7-8,12H,3-4,6,9-10H2,1-2H3,(H,16,17)(H,18,21). The topological polar surface area (TPSA) is 74.3 Å². The van der Waals surface area contributed by atoms with Gasteiger partial charge in [0.2, 0.25) is 0 Å². The summed E-state index contributed by atoms with van der Waals surface area (Å²) in [6.45, 7) is 5.13. The molecule has 0 saturated carbocycles. The molecule has 6 nitrogen and oxygen atoms in total. The molecule has 1 unspecified atom stereocenters. The molecule has 1 aromatic rings. The Labute approximate surface area is 124 Å². The van der Waals surface area contributed by atoms with Crippen LogP contribution >= 0.6 is 0 Å². The molecule has 2 N–H and O–H groups in total. The van der Waals surface area contributed by atoms with E-state index in [1.165, 1.54) is 4.90 Å². The average molecular weight is 290 g/mol. The van der Waals surface area contributed by atoms with E-state index in [1.54, 1.807) is 0 Å². The molecule has 1 aromatic heterocycles. The van der Waals surface area contributed by atoms with Gasteiger partial charge in [-0.1, -0.05) is 26.3 Å². The number of nitrogens with zero attached hydrogens (tertiary/aromatic N) is 2. The zero-order valence-electron chi connectivity index (χ0n) is 12.6. The van der Waals surface area contributed by atoms with Gasteiger partial charge in [-0.2, -0.15) is 0 Å². The number of carbonyl (C=O) groups is 2. The number of amides is 3. The molecular formula is C15H22N4O2. The number of anilines is 1. The normalized spacial score (nSPS) is 18.0. The molecule has 1 aliphatic heterocycles. The second-order valence-corrected chi connectivity index (χ2v) is 5.16. The maximum atomic E-state index is 12.2. The summed E-state index contributed by atoms with van der Waals surface area (Å²) in [5.74, 6) is 0.613. The Morgan fingerprint density at radius 1 is 1.29 bits per heavy atom. The highest BCUT2D eigenvalue weighted by molar-refractivity contribution is 6.04. The lowest BCUT2D eigenvalue weighted by atomic mass is 10.1. The summed E-state index contributed by atoms with van der Waals surface area (Å²) in [6.07, 6.45) is 2.55. The third-order valence-electron chi connectivity index (χ3n) is 3.37. The van der Waals surface area contributed by atoms with E-state index in [0.717, 1.165) is 25.2 Å². The van der Waals surface area contributed by atoms with Crippen LogP contribution in [0.2, 0.25) is 0 Å². The largest absolute Gasteiger partial charge is 0.370 e. The van der Waals surface area contributed by atoms with Crippen LogP contribution in [0.4, 0.5) is 10.6 Å². The molecule has 114 valence electrons. The van der Waals surface area contributed by atoms with E-state index in [0.29, 0.717) is 12.1 Å². The van der Waals surface area contributed by atoms with Crippen molar-refractivity contribution in [3.63, 3.8) is 0 Å². The quantitative estimate of drug-likeness (QED) is 0.754. The number of aromatic nitrogens is 1. The zero-order chi connectivity index (χ0) is 15.2. The number of nitrogens with one attached hydrogen (secondary N) is 2. The van der Waals surface area contributed by atoms with Crippen LogP contribution < -0.4 is 10.6 Å². The SMILES string of the molecule is CCCNc1cccc(CN2C(=O)NC(CCC)C2=O)n1. The highest BCUT2D eigenvalue weighted by Gasteiger charge is 2.37. The highest BCUT2D eigenvalue weighted by atomic mass is 16.2. The van der Waals surface area contributed by atoms with E-state index < -0.39 is 0 Å². The fourth-order valence-electron chi connectivity index (χ4n) is 2.29. The van der Waals surface area contributed by atoms with Gasteiger partial charge in [-0.15, -0.1) is 0 Å². The Morgan fingerprint density at radius 2 is 2.10 bits per heavy atom. The molecule has 0 bridgehead atoms. The van der Waals surface area contributed by atoms with Gasteiger partial charge < -0.3 is 10.6 Å². The molecule has 21 heavy (non-hydrogen) atoms. The van der Waals surface area contributed by atoms with E-state index in [9.17, 15) is 9.59 Å². The molecule has 1 aliphatic rings. The molecule has 6 heteroatoms. The lowest BCUT2D eigenvalue weighted by Crippen LogP contribution is -2.31. The first kappa shape index (κ1) is 15.3. The summed E-state index contributed by atoms with van der Waals surface area (Å²) in [4.78, 5) is 29.7. The van der Waals surface area contributed by atoms with Gasteiger partial charge in [0.15, 0.2) is 0 Å². The molecule has 3 amide bonds. The van der Waals surface area contributed by atoms with Crippen molar-refractivity contribution in [2.75, 3.05) is 11.9 Å². The fraction of sp³-hybridized carbons (Fsp3) is 0.533. The van der Waals surface area contributed by atoms with Crippen molar-refractivity contribution in [3.05, 3.63) is 23.9 Å². The minimum absolute atomic E-state index is 0.157. The molecule has 1 fully saturated rings. The van der Waals surface area contributed by atoms with Crippen molar-refractivity contribution in [1.29, 1.82) is 0 Å². The minimum Gasteiger partial charge on any atom is -0.370 e. The lowest BCUT2D eigenvalue weighted by molar-refractivity contribution is -0.128. The third kappa shape index (κ3) is 3.71. The predicted molar refractivity (Wildman–Crippen MR) is 80.8 cm³/mol. The summed E-state index contributed by atoms with van der Waals surface area (Å²) in [6, 6.07) is 4.87. The maximum Gasteiger partial charge on any atom is 0.325 e. The van der Waals surface area contributed by atoms with E-state index >= 15 is 0 Å². The Morgan fingerprint density at radius 3 is 2.81 bits per heavy atom. The van der Waals surface area contributed by atoms with E-state index in [4.69, 9.17) is 0 Å². The molecule has 0 spiro atoms. The van der Waals surface area contributed by atoms with Crippen LogP contribution in [0, 0.1) is 0 Å². The first-order valence-corrected chi connectivity index (χ1v) is 7.47. The zero-order valence-corrected chi connectivity index (χ0v) is 12.6. The molecular weight excluding hydrogens is 268 g/mol. The van der Waals surface area contributed by atoms with Gasteiger partial charge >= 0.3 is 6.03 Å². The molecule has 0 aliphatic carbocycles. The first-order valence-electron chi connectivity index (χ1n) is 7.47. The Balaban J connectivity index is 2.04.